The monoisotopic (exact) mass is 344 g/mol. The highest BCUT2D eigenvalue weighted by atomic mass is 16.6. The molecule has 0 spiro atoms. The molecule has 0 aromatic heterocycles. The topological polar surface area (TPSA) is 64.8 Å². The van der Waals surface area contributed by atoms with Crippen LogP contribution in [0.2, 0.25) is 0 Å². The number of nitrogens with zero attached hydrogens (tertiary/aromatic N) is 1. The van der Waals surface area contributed by atoms with Crippen molar-refractivity contribution in [3.63, 3.8) is 0 Å². The lowest BCUT2D eigenvalue weighted by Crippen LogP contribution is -2.41. The van der Waals surface area contributed by atoms with E-state index in [9.17, 15) is 4.79 Å². The van der Waals surface area contributed by atoms with Gasteiger partial charge in [0.15, 0.2) is 11.5 Å². The summed E-state index contributed by atoms with van der Waals surface area (Å²) in [5.74, 6) is 2.00. The van der Waals surface area contributed by atoms with Crippen LogP contribution in [-0.4, -0.2) is 36.1 Å². The zero-order valence-corrected chi connectivity index (χ0v) is 14.8. The minimum Gasteiger partial charge on any atom is -0.486 e. The summed E-state index contributed by atoms with van der Waals surface area (Å²) in [5, 5.41) is 0. The second-order valence-corrected chi connectivity index (χ2v) is 7.65. The summed E-state index contributed by atoms with van der Waals surface area (Å²) < 4.78 is 11.3. The average Bonchev–Trinajstić information content (AvgIpc) is 3.31. The van der Waals surface area contributed by atoms with Crippen molar-refractivity contribution in [2.24, 2.45) is 11.7 Å². The van der Waals surface area contributed by atoms with Gasteiger partial charge in [-0.2, -0.15) is 0 Å². The summed E-state index contributed by atoms with van der Waals surface area (Å²) in [7, 11) is 0. The molecule has 0 bridgehead atoms. The van der Waals surface area contributed by atoms with Gasteiger partial charge in [0.1, 0.15) is 13.2 Å². The molecule has 2 N–H and O–H groups in total. The SMILES string of the molecule is N[C@H]1CC[C@H](C(=O)N(Cc2ccc3c(c2)OCCO3)C2CCCC2)C1. The van der Waals surface area contributed by atoms with E-state index in [1.807, 2.05) is 12.1 Å². The zero-order chi connectivity index (χ0) is 17.2. The van der Waals surface area contributed by atoms with Crippen molar-refractivity contribution in [3.05, 3.63) is 23.8 Å². The fraction of sp³-hybridized carbons (Fsp3) is 0.650. The van der Waals surface area contributed by atoms with E-state index in [0.717, 1.165) is 49.2 Å². The summed E-state index contributed by atoms with van der Waals surface area (Å²) in [6, 6.07) is 6.62. The summed E-state index contributed by atoms with van der Waals surface area (Å²) in [5.41, 5.74) is 7.16. The van der Waals surface area contributed by atoms with Gasteiger partial charge in [-0.05, 0) is 49.8 Å². The van der Waals surface area contributed by atoms with Gasteiger partial charge in [0.05, 0.1) is 0 Å². The van der Waals surface area contributed by atoms with Gasteiger partial charge >= 0.3 is 0 Å². The first-order valence-electron chi connectivity index (χ1n) is 9.65. The largest absolute Gasteiger partial charge is 0.486 e. The third-order valence-corrected chi connectivity index (χ3v) is 5.83. The standard InChI is InChI=1S/C20H28N2O3/c21-16-7-6-15(12-16)20(23)22(17-3-1-2-4-17)13-14-5-8-18-19(11-14)25-10-9-24-18/h5,8,11,15-17H,1-4,6-7,9-10,12-13,21H2/t15-,16-/m0/s1. The van der Waals surface area contributed by atoms with E-state index >= 15 is 0 Å². The van der Waals surface area contributed by atoms with Gasteiger partial charge in [-0.25, -0.2) is 0 Å². The quantitative estimate of drug-likeness (QED) is 0.912. The van der Waals surface area contributed by atoms with Crippen LogP contribution in [0.15, 0.2) is 18.2 Å². The van der Waals surface area contributed by atoms with E-state index in [1.54, 1.807) is 0 Å². The first-order valence-corrected chi connectivity index (χ1v) is 9.65. The maximum Gasteiger partial charge on any atom is 0.226 e. The maximum atomic E-state index is 13.2. The zero-order valence-electron chi connectivity index (χ0n) is 14.8. The van der Waals surface area contributed by atoms with E-state index in [0.29, 0.717) is 31.7 Å². The number of hydrogen-bond donors (Lipinski definition) is 1. The van der Waals surface area contributed by atoms with Crippen LogP contribution in [0.25, 0.3) is 0 Å². The molecule has 2 fully saturated rings. The number of carbonyl (C=O) groups is 1. The van der Waals surface area contributed by atoms with Crippen LogP contribution in [0.4, 0.5) is 0 Å². The molecule has 4 rings (SSSR count). The van der Waals surface area contributed by atoms with Crippen LogP contribution in [0, 0.1) is 5.92 Å². The molecular weight excluding hydrogens is 316 g/mol. The van der Waals surface area contributed by atoms with Crippen LogP contribution in [0.5, 0.6) is 11.5 Å². The highest BCUT2D eigenvalue weighted by molar-refractivity contribution is 5.79. The predicted octanol–water partition coefficient (Wildman–Crippen LogP) is 2.86. The average molecular weight is 344 g/mol. The Morgan fingerprint density at radius 1 is 1.08 bits per heavy atom. The third kappa shape index (κ3) is 3.61. The molecule has 5 nitrogen and oxygen atoms in total. The number of rotatable bonds is 4. The van der Waals surface area contributed by atoms with E-state index in [2.05, 4.69) is 11.0 Å². The number of ether oxygens (including phenoxy) is 2. The van der Waals surface area contributed by atoms with Gasteiger partial charge in [-0.3, -0.25) is 4.79 Å². The van der Waals surface area contributed by atoms with Crippen molar-refractivity contribution in [3.8, 4) is 11.5 Å². The van der Waals surface area contributed by atoms with Crippen LogP contribution in [0.3, 0.4) is 0 Å². The summed E-state index contributed by atoms with van der Waals surface area (Å²) in [4.78, 5) is 15.3. The number of carbonyl (C=O) groups excluding carboxylic acids is 1. The predicted molar refractivity (Wildman–Crippen MR) is 95.6 cm³/mol. The van der Waals surface area contributed by atoms with E-state index in [-0.39, 0.29) is 12.0 Å². The molecule has 25 heavy (non-hydrogen) atoms. The minimum absolute atomic E-state index is 0.104. The number of hydrogen-bond acceptors (Lipinski definition) is 4. The molecular formula is C20H28N2O3. The second-order valence-electron chi connectivity index (χ2n) is 7.65. The lowest BCUT2D eigenvalue weighted by molar-refractivity contribution is -0.138. The highest BCUT2D eigenvalue weighted by Crippen LogP contribution is 2.34. The Kier molecular flexibility index (Phi) is 4.84. The minimum atomic E-state index is 0.104. The number of nitrogens with two attached hydrogens (primary N) is 1. The Labute approximate surface area is 149 Å². The Bertz CT molecular complexity index is 627. The van der Waals surface area contributed by atoms with Gasteiger partial charge in [-0.1, -0.05) is 18.9 Å². The van der Waals surface area contributed by atoms with Gasteiger partial charge in [-0.15, -0.1) is 0 Å². The molecule has 0 unspecified atom stereocenters. The van der Waals surface area contributed by atoms with Crippen molar-refractivity contribution in [1.82, 2.24) is 4.90 Å². The number of amides is 1. The molecule has 3 aliphatic rings. The molecule has 1 amide bonds. The van der Waals surface area contributed by atoms with Gasteiger partial charge in [0, 0.05) is 24.5 Å². The molecule has 1 aliphatic heterocycles. The number of benzene rings is 1. The molecule has 2 atom stereocenters. The highest BCUT2D eigenvalue weighted by Gasteiger charge is 2.35. The fourth-order valence-corrected chi connectivity index (χ4v) is 4.46. The molecule has 0 radical (unpaired) electrons. The lowest BCUT2D eigenvalue weighted by atomic mass is 10.0. The van der Waals surface area contributed by atoms with E-state index < -0.39 is 0 Å². The van der Waals surface area contributed by atoms with Crippen molar-refractivity contribution in [2.75, 3.05) is 13.2 Å². The van der Waals surface area contributed by atoms with E-state index in [4.69, 9.17) is 15.2 Å². The van der Waals surface area contributed by atoms with Crippen molar-refractivity contribution < 1.29 is 14.3 Å². The van der Waals surface area contributed by atoms with Crippen LogP contribution >= 0.6 is 0 Å². The number of fused-ring (bicyclic) bond motifs is 1. The van der Waals surface area contributed by atoms with Crippen LogP contribution in [-0.2, 0) is 11.3 Å². The van der Waals surface area contributed by atoms with Crippen molar-refractivity contribution in [2.45, 2.75) is 63.6 Å². The van der Waals surface area contributed by atoms with Gasteiger partial charge in [0.2, 0.25) is 5.91 Å². The Hall–Kier alpha value is -1.75. The Morgan fingerprint density at radius 3 is 2.56 bits per heavy atom. The summed E-state index contributed by atoms with van der Waals surface area (Å²) in [6.45, 7) is 1.84. The molecule has 1 aromatic rings. The van der Waals surface area contributed by atoms with Crippen molar-refractivity contribution in [1.29, 1.82) is 0 Å². The van der Waals surface area contributed by atoms with Gasteiger partial charge < -0.3 is 20.1 Å². The molecule has 2 aliphatic carbocycles. The first kappa shape index (κ1) is 16.7. The Balaban J connectivity index is 1.52. The Morgan fingerprint density at radius 2 is 1.84 bits per heavy atom. The van der Waals surface area contributed by atoms with E-state index in [1.165, 1.54) is 12.8 Å². The first-order chi connectivity index (χ1) is 12.2. The van der Waals surface area contributed by atoms with Crippen LogP contribution in [0.1, 0.15) is 50.5 Å². The van der Waals surface area contributed by atoms with Crippen LogP contribution < -0.4 is 15.2 Å². The smallest absolute Gasteiger partial charge is 0.226 e. The van der Waals surface area contributed by atoms with Gasteiger partial charge in [0.25, 0.3) is 0 Å². The summed E-state index contributed by atoms with van der Waals surface area (Å²) in [6.07, 6.45) is 7.43. The molecule has 1 aromatic carbocycles. The molecule has 5 heteroatoms. The molecule has 136 valence electrons. The normalized spacial score (nSPS) is 26.0. The lowest BCUT2D eigenvalue weighted by Gasteiger charge is -2.32. The maximum absolute atomic E-state index is 13.2. The molecule has 1 heterocycles. The molecule has 0 saturated heterocycles. The van der Waals surface area contributed by atoms with Crippen molar-refractivity contribution >= 4 is 5.91 Å². The third-order valence-electron chi connectivity index (χ3n) is 5.83. The summed E-state index contributed by atoms with van der Waals surface area (Å²) >= 11 is 0. The second kappa shape index (κ2) is 7.24. The fourth-order valence-electron chi connectivity index (χ4n) is 4.46. The molecule has 2 saturated carbocycles.